The predicted octanol–water partition coefficient (Wildman–Crippen LogP) is 10.7. The van der Waals surface area contributed by atoms with E-state index in [0.29, 0.717) is 28.7 Å². The summed E-state index contributed by atoms with van der Waals surface area (Å²) in [7, 11) is 0. The first kappa shape index (κ1) is 45.3. The summed E-state index contributed by atoms with van der Waals surface area (Å²) >= 11 is 12.1. The van der Waals surface area contributed by atoms with E-state index < -0.39 is 0 Å². The second-order valence-electron chi connectivity index (χ2n) is 14.9. The van der Waals surface area contributed by atoms with Crippen molar-refractivity contribution in [2.24, 2.45) is 0 Å². The zero-order valence-electron chi connectivity index (χ0n) is 32.3. The predicted molar refractivity (Wildman–Crippen MR) is 241 cm³/mol. The first-order chi connectivity index (χ1) is 27.7. The number of halogens is 2. The van der Waals surface area contributed by atoms with E-state index in [9.17, 15) is 19.5 Å². The maximum absolute atomic E-state index is 13.2. The highest BCUT2D eigenvalue weighted by Gasteiger charge is 2.22. The smallest absolute Gasteiger partial charge is 0.302 e. The van der Waals surface area contributed by atoms with Gasteiger partial charge >= 0.3 is 5.97 Å². The number of fused-ring (bicyclic) bond motifs is 2. The summed E-state index contributed by atoms with van der Waals surface area (Å²) in [6.45, 7) is 6.42. The molecule has 8 rings (SSSR count). The van der Waals surface area contributed by atoms with E-state index in [1.807, 2.05) is 106 Å². The van der Waals surface area contributed by atoms with Gasteiger partial charge in [-0.2, -0.15) is 0 Å². The molecule has 4 heterocycles. The molecular formula is C48H56Cl2N4O5. The molecule has 0 saturated carbocycles. The second kappa shape index (κ2) is 21.0. The van der Waals surface area contributed by atoms with Crippen molar-refractivity contribution in [3.63, 3.8) is 0 Å². The fourth-order valence-electron chi connectivity index (χ4n) is 7.80. The largest absolute Gasteiger partial charge is 0.461 e. The number of nitrogens with zero attached hydrogens (tertiary/aromatic N) is 4. The summed E-state index contributed by atoms with van der Waals surface area (Å²) in [6, 6.07) is 26.7. The van der Waals surface area contributed by atoms with Crippen LogP contribution in [0.25, 0.3) is 33.2 Å². The van der Waals surface area contributed by atoms with Crippen LogP contribution in [0.4, 0.5) is 0 Å². The summed E-state index contributed by atoms with van der Waals surface area (Å²) < 4.78 is 9.17. The molecule has 0 unspecified atom stereocenters. The Bertz CT molecular complexity index is 2360. The topological polar surface area (TPSA) is 97.0 Å². The molecule has 2 aliphatic rings. The van der Waals surface area contributed by atoms with E-state index in [1.165, 1.54) is 32.6 Å². The Balaban J connectivity index is 0.000000218. The standard InChI is InChI=1S/C24H25ClN2O3.C22H23ClN2O2.2CH4/c1-17(28)30-16-18-5-10-21-22(24(29)15-26-11-3-2-4-12-26)14-27(23(21)13-18)20-8-6-19(25)7-9-20;23-17-5-7-18(8-6-17)25-13-20(19-9-4-16(15-26)12-21(19)25)22(27)14-24-10-2-1-3-11-24;;/h5-10,13-14H,2-4,11-12,15-16H2,1H3;4-9,12-13,26H,1-3,10-11,14-15H2;2*1H4. The molecule has 0 bridgehead atoms. The van der Waals surface area contributed by atoms with E-state index in [0.717, 1.165) is 88.9 Å². The highest BCUT2D eigenvalue weighted by atomic mass is 35.5. The number of hydrogen-bond acceptors (Lipinski definition) is 7. The molecule has 4 aromatic carbocycles. The minimum Gasteiger partial charge on any atom is -0.461 e. The number of aliphatic hydroxyl groups excluding tert-OH is 1. The van der Waals surface area contributed by atoms with Gasteiger partial charge in [0.15, 0.2) is 11.6 Å². The van der Waals surface area contributed by atoms with Gasteiger partial charge < -0.3 is 19.0 Å². The van der Waals surface area contributed by atoms with Crippen molar-refractivity contribution < 1.29 is 24.2 Å². The van der Waals surface area contributed by atoms with Crippen LogP contribution in [0.3, 0.4) is 0 Å². The number of aliphatic hydroxyl groups is 1. The first-order valence-corrected chi connectivity index (χ1v) is 20.5. The van der Waals surface area contributed by atoms with Crippen LogP contribution in [0.2, 0.25) is 10.0 Å². The van der Waals surface area contributed by atoms with Gasteiger partial charge in [0.2, 0.25) is 0 Å². The minimum absolute atomic E-state index is 0. The van der Waals surface area contributed by atoms with Gasteiger partial charge in [0.1, 0.15) is 6.61 Å². The highest BCUT2D eigenvalue weighted by Crippen LogP contribution is 2.30. The molecule has 0 amide bonds. The molecule has 2 saturated heterocycles. The lowest BCUT2D eigenvalue weighted by atomic mass is 10.1. The third kappa shape index (κ3) is 11.1. The fourth-order valence-corrected chi connectivity index (χ4v) is 8.06. The average Bonchev–Trinajstić information content (AvgIpc) is 3.80. The minimum atomic E-state index is -0.319. The summed E-state index contributed by atoms with van der Waals surface area (Å²) in [6.07, 6.45) is 11.0. The Morgan fingerprint density at radius 2 is 1.00 bits per heavy atom. The molecule has 6 aromatic rings. The maximum atomic E-state index is 13.2. The van der Waals surface area contributed by atoms with Gasteiger partial charge in [0, 0.05) is 62.6 Å². The van der Waals surface area contributed by atoms with Crippen LogP contribution in [0, 0.1) is 0 Å². The summed E-state index contributed by atoms with van der Waals surface area (Å²) in [5, 5.41) is 12.7. The lowest BCUT2D eigenvalue weighted by Gasteiger charge is -2.25. The third-order valence-electron chi connectivity index (χ3n) is 10.8. The van der Waals surface area contributed by atoms with Crippen molar-refractivity contribution >= 4 is 62.5 Å². The zero-order chi connectivity index (χ0) is 39.9. The van der Waals surface area contributed by atoms with Crippen LogP contribution in [0.1, 0.15) is 92.1 Å². The molecule has 2 aromatic heterocycles. The van der Waals surface area contributed by atoms with Crippen molar-refractivity contribution in [1.29, 1.82) is 0 Å². The zero-order valence-corrected chi connectivity index (χ0v) is 33.8. The number of ether oxygens (including phenoxy) is 1. The summed E-state index contributed by atoms with van der Waals surface area (Å²) in [5.41, 5.74) is 6.84. The molecule has 312 valence electrons. The average molecular weight is 840 g/mol. The maximum Gasteiger partial charge on any atom is 0.302 e. The van der Waals surface area contributed by atoms with E-state index in [-0.39, 0.29) is 45.6 Å². The van der Waals surface area contributed by atoms with E-state index >= 15 is 0 Å². The summed E-state index contributed by atoms with van der Waals surface area (Å²) in [5.74, 6) is -0.0470. The molecule has 2 fully saturated rings. The number of hydrogen-bond donors (Lipinski definition) is 1. The Labute approximate surface area is 358 Å². The van der Waals surface area contributed by atoms with Crippen LogP contribution < -0.4 is 0 Å². The molecule has 59 heavy (non-hydrogen) atoms. The molecule has 0 spiro atoms. The number of aromatic nitrogens is 2. The number of ketones is 2. The first-order valence-electron chi connectivity index (χ1n) is 19.7. The van der Waals surface area contributed by atoms with E-state index in [2.05, 4.69) is 9.80 Å². The van der Waals surface area contributed by atoms with E-state index in [4.69, 9.17) is 27.9 Å². The monoisotopic (exact) mass is 838 g/mol. The van der Waals surface area contributed by atoms with Crippen LogP contribution in [-0.2, 0) is 22.7 Å². The number of benzene rings is 4. The van der Waals surface area contributed by atoms with Crippen molar-refractivity contribution in [2.45, 2.75) is 73.5 Å². The number of carbonyl (C=O) groups is 3. The Morgan fingerprint density at radius 3 is 1.41 bits per heavy atom. The van der Waals surface area contributed by atoms with E-state index in [1.54, 1.807) is 0 Å². The molecule has 9 nitrogen and oxygen atoms in total. The van der Waals surface area contributed by atoms with Crippen LogP contribution in [0.15, 0.2) is 97.3 Å². The molecule has 2 aliphatic heterocycles. The van der Waals surface area contributed by atoms with Gasteiger partial charge in [-0.15, -0.1) is 0 Å². The second-order valence-corrected chi connectivity index (χ2v) is 15.8. The van der Waals surface area contributed by atoms with Gasteiger partial charge in [-0.25, -0.2) is 0 Å². The van der Waals surface area contributed by atoms with Gasteiger partial charge in [0.25, 0.3) is 0 Å². The Morgan fingerprint density at radius 1 is 0.593 bits per heavy atom. The molecule has 1 N–H and O–H groups in total. The quantitative estimate of drug-likeness (QED) is 0.102. The number of carbonyl (C=O) groups excluding carboxylic acids is 3. The number of rotatable bonds is 11. The molecule has 11 heteroatoms. The normalized spacial score (nSPS) is 14.5. The van der Waals surface area contributed by atoms with Crippen LogP contribution in [0.5, 0.6) is 0 Å². The van der Waals surface area contributed by atoms with Crippen molar-refractivity contribution in [3.8, 4) is 11.4 Å². The highest BCUT2D eigenvalue weighted by molar-refractivity contribution is 6.30. The molecule has 0 atom stereocenters. The molecule has 0 radical (unpaired) electrons. The molecule has 0 aliphatic carbocycles. The van der Waals surface area contributed by atoms with Crippen LogP contribution >= 0.6 is 23.2 Å². The number of likely N-dealkylation sites (tertiary alicyclic amines) is 2. The van der Waals surface area contributed by atoms with Gasteiger partial charge in [-0.05, 0) is 124 Å². The SMILES string of the molecule is C.C.CC(=O)OCc1ccc2c(C(=O)CN3CCCCC3)cn(-c3ccc(Cl)cc3)c2c1.O=C(CN1CCCCC1)c1cn(-c2ccc(Cl)cc2)c2cc(CO)ccc12. The third-order valence-corrected chi connectivity index (χ3v) is 11.3. The fraction of sp³-hybridized carbons (Fsp3) is 0.354. The Hall–Kier alpha value is -4.77. The Kier molecular flexibility index (Phi) is 16.1. The van der Waals surface area contributed by atoms with Crippen molar-refractivity contribution in [2.75, 3.05) is 39.3 Å². The van der Waals surface area contributed by atoms with Crippen molar-refractivity contribution in [1.82, 2.24) is 18.9 Å². The number of piperidine rings is 2. The number of esters is 1. The van der Waals surface area contributed by atoms with Crippen LogP contribution in [-0.4, -0.2) is 80.8 Å². The summed E-state index contributed by atoms with van der Waals surface area (Å²) in [4.78, 5) is 41.9. The van der Waals surface area contributed by atoms with Gasteiger partial charge in [0.05, 0.1) is 30.7 Å². The lowest BCUT2D eigenvalue weighted by Crippen LogP contribution is -2.34. The lowest BCUT2D eigenvalue weighted by molar-refractivity contribution is -0.142. The number of Topliss-reactive ketones (excluding diaryl/α,β-unsaturated/α-hetero) is 2. The van der Waals surface area contributed by atoms with Crippen molar-refractivity contribution in [3.05, 3.63) is 130 Å². The molecular weight excluding hydrogens is 783 g/mol. The van der Waals surface area contributed by atoms with Gasteiger partial charge in [-0.3, -0.25) is 24.2 Å². The van der Waals surface area contributed by atoms with Gasteiger partial charge in [-0.1, -0.05) is 75.2 Å².